The molecule has 0 aliphatic rings. The van der Waals surface area contributed by atoms with E-state index in [0.717, 1.165) is 33.9 Å². The molecule has 0 spiro atoms. The number of halogens is 1. The van der Waals surface area contributed by atoms with Crippen molar-refractivity contribution in [1.29, 1.82) is 0 Å². The van der Waals surface area contributed by atoms with Crippen molar-refractivity contribution in [3.05, 3.63) is 88.8 Å². The van der Waals surface area contributed by atoms with Gasteiger partial charge in [-0.05, 0) is 82.2 Å². The third kappa shape index (κ3) is 3.58. The van der Waals surface area contributed by atoms with Crippen LogP contribution in [0.15, 0.2) is 85.2 Å². The van der Waals surface area contributed by atoms with E-state index in [2.05, 4.69) is 69.0 Å². The van der Waals surface area contributed by atoms with Gasteiger partial charge in [0.2, 0.25) is 0 Å². The van der Waals surface area contributed by atoms with Crippen molar-refractivity contribution in [1.82, 2.24) is 15.0 Å². The predicted octanol–water partition coefficient (Wildman–Crippen LogP) is 5.48. The number of hydrogen-bond acceptors (Lipinski definition) is 3. The van der Waals surface area contributed by atoms with Crippen molar-refractivity contribution in [3.63, 3.8) is 0 Å². The van der Waals surface area contributed by atoms with Crippen molar-refractivity contribution in [2.45, 2.75) is 0 Å². The minimum Gasteiger partial charge on any atom is -0.255 e. The van der Waals surface area contributed by atoms with Gasteiger partial charge in [-0.3, -0.25) is 9.97 Å². The Bertz CT molecular complexity index is 944. The lowest BCUT2D eigenvalue weighted by molar-refractivity contribution is 1.22. The zero-order valence-electron chi connectivity index (χ0n) is 13.3. The zero-order valence-corrected chi connectivity index (χ0v) is 15.5. The summed E-state index contributed by atoms with van der Waals surface area (Å²) in [6.07, 6.45) is 3.57. The molecule has 0 saturated heterocycles. The smallest absolute Gasteiger partial charge is 0.0900 e. The maximum Gasteiger partial charge on any atom is 0.0900 e. The van der Waals surface area contributed by atoms with Gasteiger partial charge in [-0.25, -0.2) is 4.98 Å². The summed E-state index contributed by atoms with van der Waals surface area (Å²) in [4.78, 5) is 13.7. The highest BCUT2D eigenvalue weighted by Gasteiger charge is 2.10. The molecule has 0 aliphatic heterocycles. The molecule has 0 saturated carbocycles. The second-order valence-electron chi connectivity index (χ2n) is 5.57. The molecule has 4 aromatic rings. The molecule has 3 nitrogen and oxygen atoms in total. The quantitative estimate of drug-likeness (QED) is 0.401. The van der Waals surface area contributed by atoms with Gasteiger partial charge in [-0.1, -0.05) is 24.3 Å². The molecule has 0 radical (unpaired) electrons. The number of benzene rings is 1. The van der Waals surface area contributed by atoms with Crippen LogP contribution in [0.1, 0.15) is 0 Å². The summed E-state index contributed by atoms with van der Waals surface area (Å²) in [6.45, 7) is 0. The molecule has 3 aromatic heterocycles. The van der Waals surface area contributed by atoms with E-state index in [0.29, 0.717) is 0 Å². The molecule has 4 heteroatoms. The maximum absolute atomic E-state index is 4.79. The molecular formula is C21H14IN3. The summed E-state index contributed by atoms with van der Waals surface area (Å²) in [5.41, 5.74) is 5.66. The molecule has 0 fully saturated rings. The number of hydrogen-bond donors (Lipinski definition) is 0. The van der Waals surface area contributed by atoms with Crippen LogP contribution < -0.4 is 0 Å². The van der Waals surface area contributed by atoms with Crippen LogP contribution in [0.4, 0.5) is 0 Å². The largest absolute Gasteiger partial charge is 0.255 e. The zero-order chi connectivity index (χ0) is 17.1. The predicted molar refractivity (Wildman–Crippen MR) is 109 cm³/mol. The molecule has 120 valence electrons. The molecule has 4 rings (SSSR count). The van der Waals surface area contributed by atoms with Gasteiger partial charge in [0, 0.05) is 16.0 Å². The van der Waals surface area contributed by atoms with Gasteiger partial charge in [0.15, 0.2) is 0 Å². The minimum atomic E-state index is 0.845. The van der Waals surface area contributed by atoms with Gasteiger partial charge >= 0.3 is 0 Å². The van der Waals surface area contributed by atoms with Crippen molar-refractivity contribution < 1.29 is 0 Å². The maximum atomic E-state index is 4.79. The first-order valence-electron chi connectivity index (χ1n) is 7.90. The van der Waals surface area contributed by atoms with Crippen molar-refractivity contribution >= 4 is 22.6 Å². The van der Waals surface area contributed by atoms with Crippen molar-refractivity contribution in [2.24, 2.45) is 0 Å². The minimum absolute atomic E-state index is 0.845. The van der Waals surface area contributed by atoms with E-state index in [-0.39, 0.29) is 0 Å². The van der Waals surface area contributed by atoms with E-state index in [1.165, 1.54) is 3.57 Å². The third-order valence-electron chi connectivity index (χ3n) is 3.84. The van der Waals surface area contributed by atoms with Gasteiger partial charge in [0.1, 0.15) is 0 Å². The van der Waals surface area contributed by atoms with Crippen molar-refractivity contribution in [2.75, 3.05) is 0 Å². The molecule has 25 heavy (non-hydrogen) atoms. The Kier molecular flexibility index (Phi) is 4.52. The second kappa shape index (κ2) is 7.11. The molecular weight excluding hydrogens is 421 g/mol. The average molecular weight is 435 g/mol. The Morgan fingerprint density at radius 2 is 1.20 bits per heavy atom. The van der Waals surface area contributed by atoms with E-state index in [4.69, 9.17) is 4.98 Å². The summed E-state index contributed by atoms with van der Waals surface area (Å²) >= 11 is 2.33. The highest BCUT2D eigenvalue weighted by Crippen LogP contribution is 2.29. The van der Waals surface area contributed by atoms with Gasteiger partial charge < -0.3 is 0 Å². The Hall–Kier alpha value is -2.60. The Labute approximate surface area is 160 Å². The molecule has 0 amide bonds. The lowest BCUT2D eigenvalue weighted by atomic mass is 10.0. The monoisotopic (exact) mass is 435 g/mol. The van der Waals surface area contributed by atoms with E-state index in [9.17, 15) is 0 Å². The molecule has 3 heterocycles. The van der Waals surface area contributed by atoms with Crippen LogP contribution in [0.2, 0.25) is 0 Å². The van der Waals surface area contributed by atoms with E-state index in [1.54, 1.807) is 12.4 Å². The first kappa shape index (κ1) is 15.9. The first-order chi connectivity index (χ1) is 12.3. The fraction of sp³-hybridized carbons (Fsp3) is 0. The lowest BCUT2D eigenvalue weighted by Crippen LogP contribution is -1.94. The molecule has 1 aromatic carbocycles. The van der Waals surface area contributed by atoms with Crippen LogP contribution in [0.3, 0.4) is 0 Å². The summed E-state index contributed by atoms with van der Waals surface area (Å²) in [5.74, 6) is 0. The average Bonchev–Trinajstić information content (AvgIpc) is 2.69. The second-order valence-corrected chi connectivity index (χ2v) is 6.81. The summed E-state index contributed by atoms with van der Waals surface area (Å²) in [7, 11) is 0. The van der Waals surface area contributed by atoms with Crippen LogP contribution in [-0.4, -0.2) is 15.0 Å². The molecule has 0 bridgehead atoms. The fourth-order valence-electron chi connectivity index (χ4n) is 2.66. The Balaban J connectivity index is 1.92. The first-order valence-corrected chi connectivity index (χ1v) is 8.98. The molecule has 0 N–H and O–H groups in total. The SMILES string of the molecule is Ic1cccc(-c2cc(-c3ccccn3)nc(-c3ccccn3)c2)c1. The number of rotatable bonds is 3. The topological polar surface area (TPSA) is 38.7 Å². The standard InChI is InChI=1S/C21H14IN3/c22-17-7-5-6-15(12-17)16-13-20(18-8-1-3-10-23-18)25-21(14-16)19-9-2-4-11-24-19/h1-14H. The summed E-state index contributed by atoms with van der Waals surface area (Å²) < 4.78 is 1.20. The van der Waals surface area contributed by atoms with Gasteiger partial charge in [-0.15, -0.1) is 0 Å². The third-order valence-corrected chi connectivity index (χ3v) is 4.51. The highest BCUT2D eigenvalue weighted by molar-refractivity contribution is 14.1. The van der Waals surface area contributed by atoms with E-state index >= 15 is 0 Å². The van der Waals surface area contributed by atoms with Gasteiger partial charge in [-0.2, -0.15) is 0 Å². The van der Waals surface area contributed by atoms with Crippen LogP contribution in [0.25, 0.3) is 33.9 Å². The molecule has 0 atom stereocenters. The highest BCUT2D eigenvalue weighted by atomic mass is 127. The summed E-state index contributed by atoms with van der Waals surface area (Å²) in [6, 6.07) is 24.3. The van der Waals surface area contributed by atoms with Crippen LogP contribution >= 0.6 is 22.6 Å². The number of aromatic nitrogens is 3. The van der Waals surface area contributed by atoms with Gasteiger partial charge in [0.05, 0.1) is 22.8 Å². The van der Waals surface area contributed by atoms with Crippen LogP contribution in [-0.2, 0) is 0 Å². The Morgan fingerprint density at radius 3 is 1.72 bits per heavy atom. The van der Waals surface area contributed by atoms with Crippen molar-refractivity contribution in [3.8, 4) is 33.9 Å². The number of pyridine rings is 3. The normalized spacial score (nSPS) is 10.6. The Morgan fingerprint density at radius 1 is 0.560 bits per heavy atom. The fourth-order valence-corrected chi connectivity index (χ4v) is 3.20. The summed E-state index contributed by atoms with van der Waals surface area (Å²) in [5, 5.41) is 0. The van der Waals surface area contributed by atoms with E-state index in [1.807, 2.05) is 36.4 Å². The lowest BCUT2D eigenvalue weighted by Gasteiger charge is -2.09. The van der Waals surface area contributed by atoms with Crippen LogP contribution in [0.5, 0.6) is 0 Å². The number of nitrogens with zero attached hydrogens (tertiary/aromatic N) is 3. The molecule has 0 aliphatic carbocycles. The van der Waals surface area contributed by atoms with E-state index < -0.39 is 0 Å². The van der Waals surface area contributed by atoms with Gasteiger partial charge in [0.25, 0.3) is 0 Å². The molecule has 0 unspecified atom stereocenters. The van der Waals surface area contributed by atoms with Crippen LogP contribution in [0, 0.1) is 3.57 Å².